The molecule has 6 heteroatoms. The fourth-order valence-electron chi connectivity index (χ4n) is 2.15. The lowest BCUT2D eigenvalue weighted by Gasteiger charge is -2.23. The summed E-state index contributed by atoms with van der Waals surface area (Å²) in [4.78, 5) is 33.1. The highest BCUT2D eigenvalue weighted by atomic mass is 16.7. The van der Waals surface area contributed by atoms with E-state index in [1.165, 1.54) is 12.4 Å². The molecule has 3 rings (SSSR count). The van der Waals surface area contributed by atoms with Crippen LogP contribution in [-0.4, -0.2) is 40.5 Å². The largest absolute Gasteiger partial charge is 0.335 e. The molecule has 2 aromatic rings. The van der Waals surface area contributed by atoms with Crippen LogP contribution in [0.5, 0.6) is 0 Å². The number of hydrogen-bond acceptors (Lipinski definition) is 6. The van der Waals surface area contributed by atoms with Gasteiger partial charge in [-0.3, -0.25) is 19.6 Å². The molecular weight excluding hydrogens is 272 g/mol. The Morgan fingerprint density at radius 1 is 0.905 bits per heavy atom. The molecule has 1 fully saturated rings. The van der Waals surface area contributed by atoms with Crippen molar-refractivity contribution in [2.45, 2.75) is 5.79 Å². The fraction of sp³-hybridized carbons (Fsp3) is 0.200. The number of pyridine rings is 2. The molecule has 0 bridgehead atoms. The zero-order valence-electron chi connectivity index (χ0n) is 11.1. The van der Waals surface area contributed by atoms with Crippen molar-refractivity contribution in [3.05, 3.63) is 60.2 Å². The van der Waals surface area contributed by atoms with Gasteiger partial charge in [-0.15, -0.1) is 0 Å². The first kappa shape index (κ1) is 13.5. The second-order valence-electron chi connectivity index (χ2n) is 4.46. The number of ketones is 2. The number of aromatic nitrogens is 2. The van der Waals surface area contributed by atoms with Gasteiger partial charge in [-0.1, -0.05) is 0 Å². The number of nitrogens with zero attached hydrogens (tertiary/aromatic N) is 2. The maximum Gasteiger partial charge on any atom is 0.300 e. The second kappa shape index (κ2) is 5.51. The van der Waals surface area contributed by atoms with Crippen molar-refractivity contribution < 1.29 is 19.1 Å². The van der Waals surface area contributed by atoms with Gasteiger partial charge in [-0.25, -0.2) is 0 Å². The van der Waals surface area contributed by atoms with E-state index in [1.54, 1.807) is 36.7 Å². The van der Waals surface area contributed by atoms with E-state index in [-0.39, 0.29) is 24.3 Å². The van der Waals surface area contributed by atoms with Gasteiger partial charge in [-0.2, -0.15) is 0 Å². The van der Waals surface area contributed by atoms with E-state index >= 15 is 0 Å². The second-order valence-corrected chi connectivity index (χ2v) is 4.46. The predicted octanol–water partition coefficient (Wildman–Crippen LogP) is 1.29. The first-order valence-corrected chi connectivity index (χ1v) is 6.41. The van der Waals surface area contributed by atoms with E-state index in [1.807, 2.05) is 0 Å². The first-order valence-electron chi connectivity index (χ1n) is 6.41. The summed E-state index contributed by atoms with van der Waals surface area (Å²) in [7, 11) is 0. The SMILES string of the molecule is O=C(c1cccnc1)C1(C(=O)c2cccnc2)OCCO1. The smallest absolute Gasteiger partial charge is 0.300 e. The Hall–Kier alpha value is -2.44. The van der Waals surface area contributed by atoms with Crippen molar-refractivity contribution in [2.24, 2.45) is 0 Å². The summed E-state index contributed by atoms with van der Waals surface area (Å²) in [5.74, 6) is -3.05. The Balaban J connectivity index is 2.01. The Labute approximate surface area is 120 Å². The van der Waals surface area contributed by atoms with Crippen LogP contribution in [0.2, 0.25) is 0 Å². The van der Waals surface area contributed by atoms with Gasteiger partial charge in [0, 0.05) is 35.9 Å². The van der Waals surface area contributed by atoms with Gasteiger partial charge in [0.15, 0.2) is 0 Å². The summed E-state index contributed by atoms with van der Waals surface area (Å²) in [5, 5.41) is 0. The highest BCUT2D eigenvalue weighted by Crippen LogP contribution is 2.28. The van der Waals surface area contributed by atoms with Crippen LogP contribution in [0.15, 0.2) is 49.1 Å². The van der Waals surface area contributed by atoms with Crippen molar-refractivity contribution in [3.8, 4) is 0 Å². The number of ether oxygens (including phenoxy) is 2. The predicted molar refractivity (Wildman–Crippen MR) is 71.8 cm³/mol. The topological polar surface area (TPSA) is 78.4 Å². The lowest BCUT2D eigenvalue weighted by molar-refractivity contribution is -0.0883. The highest BCUT2D eigenvalue weighted by Gasteiger charge is 2.52. The normalized spacial score (nSPS) is 16.6. The van der Waals surface area contributed by atoms with Gasteiger partial charge < -0.3 is 9.47 Å². The van der Waals surface area contributed by atoms with Crippen LogP contribution in [0, 0.1) is 0 Å². The zero-order valence-corrected chi connectivity index (χ0v) is 11.1. The zero-order chi connectivity index (χ0) is 14.7. The third kappa shape index (κ3) is 2.35. The molecule has 106 valence electrons. The molecule has 1 aliphatic rings. The molecule has 6 nitrogen and oxygen atoms in total. The molecule has 0 radical (unpaired) electrons. The monoisotopic (exact) mass is 284 g/mol. The third-order valence-corrected chi connectivity index (χ3v) is 3.14. The van der Waals surface area contributed by atoms with E-state index in [0.29, 0.717) is 0 Å². The molecule has 1 aliphatic heterocycles. The van der Waals surface area contributed by atoms with Crippen molar-refractivity contribution in [1.29, 1.82) is 0 Å². The van der Waals surface area contributed by atoms with Crippen LogP contribution in [0.25, 0.3) is 0 Å². The molecule has 3 heterocycles. The molecule has 21 heavy (non-hydrogen) atoms. The molecule has 0 amide bonds. The Kier molecular flexibility index (Phi) is 3.55. The highest BCUT2D eigenvalue weighted by molar-refractivity contribution is 6.21. The van der Waals surface area contributed by atoms with Gasteiger partial charge in [0.1, 0.15) is 0 Å². The van der Waals surface area contributed by atoms with Crippen LogP contribution in [0.4, 0.5) is 0 Å². The standard InChI is InChI=1S/C15H12N2O4/c18-13(11-3-1-5-16-9-11)15(20-7-8-21-15)14(19)12-4-2-6-17-10-12/h1-6,9-10H,7-8H2. The van der Waals surface area contributed by atoms with Crippen LogP contribution in [0.1, 0.15) is 20.7 Å². The third-order valence-electron chi connectivity index (χ3n) is 3.14. The summed E-state index contributed by atoms with van der Waals surface area (Å²) >= 11 is 0. The van der Waals surface area contributed by atoms with E-state index in [0.717, 1.165) is 0 Å². The molecule has 0 atom stereocenters. The minimum atomic E-state index is -1.94. The van der Waals surface area contributed by atoms with Crippen LogP contribution < -0.4 is 0 Å². The molecule has 0 aromatic carbocycles. The average Bonchev–Trinajstić information content (AvgIpc) is 3.06. The van der Waals surface area contributed by atoms with Gasteiger partial charge in [-0.05, 0) is 24.3 Å². The Bertz CT molecular complexity index is 598. The van der Waals surface area contributed by atoms with Crippen molar-refractivity contribution in [2.75, 3.05) is 13.2 Å². The molecule has 0 unspecified atom stereocenters. The van der Waals surface area contributed by atoms with E-state index in [9.17, 15) is 9.59 Å². The summed E-state index contributed by atoms with van der Waals surface area (Å²) < 4.78 is 10.8. The van der Waals surface area contributed by atoms with Crippen LogP contribution in [-0.2, 0) is 9.47 Å². The summed E-state index contributed by atoms with van der Waals surface area (Å²) in [5.41, 5.74) is 0.522. The molecule has 0 N–H and O–H groups in total. The van der Waals surface area contributed by atoms with Crippen molar-refractivity contribution in [3.63, 3.8) is 0 Å². The minimum absolute atomic E-state index is 0.179. The van der Waals surface area contributed by atoms with E-state index in [2.05, 4.69) is 9.97 Å². The van der Waals surface area contributed by atoms with Crippen molar-refractivity contribution >= 4 is 11.6 Å². The van der Waals surface area contributed by atoms with Crippen LogP contribution in [0.3, 0.4) is 0 Å². The van der Waals surface area contributed by atoms with Crippen LogP contribution >= 0.6 is 0 Å². The lowest BCUT2D eigenvalue weighted by atomic mass is 9.96. The number of rotatable bonds is 4. The van der Waals surface area contributed by atoms with E-state index in [4.69, 9.17) is 9.47 Å². The van der Waals surface area contributed by atoms with E-state index < -0.39 is 17.4 Å². The molecule has 0 saturated carbocycles. The Morgan fingerprint density at radius 2 is 1.38 bits per heavy atom. The summed E-state index contributed by atoms with van der Waals surface area (Å²) in [6.07, 6.45) is 5.85. The molecule has 2 aromatic heterocycles. The molecule has 0 spiro atoms. The number of Topliss-reactive ketones (excluding diaryl/α,β-unsaturated/α-hetero) is 2. The fourth-order valence-corrected chi connectivity index (χ4v) is 2.15. The average molecular weight is 284 g/mol. The van der Waals surface area contributed by atoms with Gasteiger partial charge in [0.2, 0.25) is 11.6 Å². The minimum Gasteiger partial charge on any atom is -0.335 e. The first-order chi connectivity index (χ1) is 10.2. The van der Waals surface area contributed by atoms with Gasteiger partial charge in [0.05, 0.1) is 13.2 Å². The summed E-state index contributed by atoms with van der Waals surface area (Å²) in [6.45, 7) is 0.357. The summed E-state index contributed by atoms with van der Waals surface area (Å²) in [6, 6.07) is 6.37. The van der Waals surface area contributed by atoms with Crippen molar-refractivity contribution in [1.82, 2.24) is 9.97 Å². The maximum absolute atomic E-state index is 12.7. The number of hydrogen-bond donors (Lipinski definition) is 0. The number of carbonyl (C=O) groups excluding carboxylic acids is 2. The molecular formula is C15H12N2O4. The number of carbonyl (C=O) groups is 2. The van der Waals surface area contributed by atoms with Gasteiger partial charge >= 0.3 is 0 Å². The molecule has 0 aliphatic carbocycles. The Morgan fingerprint density at radius 3 is 1.76 bits per heavy atom. The quantitative estimate of drug-likeness (QED) is 0.621. The lowest BCUT2D eigenvalue weighted by Crippen LogP contribution is -2.48. The molecule has 1 saturated heterocycles. The maximum atomic E-state index is 12.7. The van der Waals surface area contributed by atoms with Gasteiger partial charge in [0.25, 0.3) is 5.79 Å².